The van der Waals surface area contributed by atoms with Crippen LogP contribution in [-0.2, 0) is 9.53 Å². The van der Waals surface area contributed by atoms with Crippen LogP contribution < -0.4 is 5.32 Å². The van der Waals surface area contributed by atoms with Gasteiger partial charge >= 0.3 is 5.97 Å². The van der Waals surface area contributed by atoms with E-state index in [0.717, 1.165) is 13.1 Å². The Bertz CT molecular complexity index is 254. The molecule has 0 aromatic rings. The number of carbonyl (C=O) groups excluding carboxylic acids is 1. The molecule has 0 amide bonds. The first-order valence-electron chi connectivity index (χ1n) is 9.31. The van der Waals surface area contributed by atoms with E-state index in [4.69, 9.17) is 4.74 Å². The largest absolute Gasteiger partial charge is 0.461 e. The first kappa shape index (κ1) is 21.2. The molecule has 0 aromatic carbocycles. The third-order valence-electron chi connectivity index (χ3n) is 3.90. The van der Waals surface area contributed by atoms with Gasteiger partial charge in [0, 0.05) is 12.6 Å². The summed E-state index contributed by atoms with van der Waals surface area (Å²) in [5.41, 5.74) is 0. The fourth-order valence-corrected chi connectivity index (χ4v) is 2.50. The van der Waals surface area contributed by atoms with Crippen molar-refractivity contribution in [3.63, 3.8) is 0 Å². The Hall–Kier alpha value is -0.830. The van der Waals surface area contributed by atoms with Crippen molar-refractivity contribution in [3.8, 4) is 0 Å². The quantitative estimate of drug-likeness (QED) is 0.233. The molecule has 130 valence electrons. The zero-order chi connectivity index (χ0) is 16.3. The molecule has 0 unspecified atom stereocenters. The second kappa shape index (κ2) is 18.2. The topological polar surface area (TPSA) is 38.3 Å². The molecule has 0 aromatic heterocycles. The highest BCUT2D eigenvalue weighted by Crippen LogP contribution is 2.11. The summed E-state index contributed by atoms with van der Waals surface area (Å²) in [6, 6.07) is 0. The van der Waals surface area contributed by atoms with Crippen molar-refractivity contribution >= 4 is 5.97 Å². The normalized spacial score (nSPS) is 10.6. The van der Waals surface area contributed by atoms with Gasteiger partial charge in [-0.2, -0.15) is 0 Å². The van der Waals surface area contributed by atoms with E-state index in [1.165, 1.54) is 83.1 Å². The molecule has 3 nitrogen and oxygen atoms in total. The standard InChI is InChI=1S/C19H37NO2/c1-3-5-6-7-8-9-10-11-12-13-14-15-16-20-17-18-22-19(21)4-2/h4,20H,2-3,5-18H2,1H3. The summed E-state index contributed by atoms with van der Waals surface area (Å²) in [5, 5.41) is 3.29. The Labute approximate surface area is 137 Å². The van der Waals surface area contributed by atoms with E-state index in [2.05, 4.69) is 18.8 Å². The van der Waals surface area contributed by atoms with Gasteiger partial charge in [0.25, 0.3) is 0 Å². The van der Waals surface area contributed by atoms with Crippen LogP contribution in [0.4, 0.5) is 0 Å². The van der Waals surface area contributed by atoms with Gasteiger partial charge in [-0.1, -0.05) is 84.1 Å². The lowest BCUT2D eigenvalue weighted by atomic mass is 10.1. The maximum absolute atomic E-state index is 10.8. The Morgan fingerprint density at radius 1 is 0.864 bits per heavy atom. The molecule has 3 heteroatoms. The van der Waals surface area contributed by atoms with Crippen LogP contribution in [0.2, 0.25) is 0 Å². The Morgan fingerprint density at radius 3 is 1.86 bits per heavy atom. The fourth-order valence-electron chi connectivity index (χ4n) is 2.50. The molecule has 0 spiro atoms. The maximum Gasteiger partial charge on any atom is 0.330 e. The summed E-state index contributed by atoms with van der Waals surface area (Å²) < 4.78 is 4.89. The molecule has 0 heterocycles. The van der Waals surface area contributed by atoms with E-state index in [1.54, 1.807) is 0 Å². The predicted octanol–water partition coefficient (Wildman–Crippen LogP) is 5.01. The number of ether oxygens (including phenoxy) is 1. The van der Waals surface area contributed by atoms with E-state index in [0.29, 0.717) is 6.61 Å². The molecule has 0 aliphatic heterocycles. The molecule has 0 radical (unpaired) electrons. The molecule has 1 N–H and O–H groups in total. The molecule has 22 heavy (non-hydrogen) atoms. The average molecular weight is 312 g/mol. The summed E-state index contributed by atoms with van der Waals surface area (Å²) in [5.74, 6) is -0.341. The lowest BCUT2D eigenvalue weighted by Gasteiger charge is -2.05. The lowest BCUT2D eigenvalue weighted by molar-refractivity contribution is -0.137. The maximum atomic E-state index is 10.8. The summed E-state index contributed by atoms with van der Waals surface area (Å²) in [6.45, 7) is 7.81. The first-order valence-corrected chi connectivity index (χ1v) is 9.31. The van der Waals surface area contributed by atoms with E-state index in [1.807, 2.05) is 0 Å². The number of unbranched alkanes of at least 4 members (excludes halogenated alkanes) is 11. The van der Waals surface area contributed by atoms with Crippen LogP contribution in [0.1, 0.15) is 84.0 Å². The molecule has 0 aliphatic carbocycles. The highest BCUT2D eigenvalue weighted by atomic mass is 16.5. The Balaban J connectivity index is 2.99. The summed E-state index contributed by atoms with van der Waals surface area (Å²) in [7, 11) is 0. The van der Waals surface area contributed by atoms with Crippen molar-refractivity contribution in [3.05, 3.63) is 12.7 Å². The summed E-state index contributed by atoms with van der Waals surface area (Å²) >= 11 is 0. The minimum absolute atomic E-state index is 0.341. The second-order valence-electron chi connectivity index (χ2n) is 6.01. The SMILES string of the molecule is C=CC(=O)OCCNCCCCCCCCCCCCCC. The van der Waals surface area contributed by atoms with Gasteiger partial charge in [-0.3, -0.25) is 0 Å². The van der Waals surface area contributed by atoms with Crippen molar-refractivity contribution in [1.82, 2.24) is 5.32 Å². The van der Waals surface area contributed by atoms with Crippen LogP contribution in [0.25, 0.3) is 0 Å². The van der Waals surface area contributed by atoms with Crippen molar-refractivity contribution in [1.29, 1.82) is 0 Å². The molecule has 0 saturated heterocycles. The van der Waals surface area contributed by atoms with E-state index >= 15 is 0 Å². The van der Waals surface area contributed by atoms with Gasteiger partial charge in [0.2, 0.25) is 0 Å². The molecular formula is C19H37NO2. The zero-order valence-corrected chi connectivity index (χ0v) is 14.7. The number of nitrogens with one attached hydrogen (secondary N) is 1. The smallest absolute Gasteiger partial charge is 0.330 e. The minimum Gasteiger partial charge on any atom is -0.461 e. The van der Waals surface area contributed by atoms with Crippen LogP contribution in [0.5, 0.6) is 0 Å². The number of carbonyl (C=O) groups is 1. The van der Waals surface area contributed by atoms with E-state index in [9.17, 15) is 4.79 Å². The molecular weight excluding hydrogens is 274 g/mol. The fraction of sp³-hybridized carbons (Fsp3) is 0.842. The van der Waals surface area contributed by atoms with Crippen LogP contribution in [0.3, 0.4) is 0 Å². The van der Waals surface area contributed by atoms with Crippen LogP contribution in [0, 0.1) is 0 Å². The van der Waals surface area contributed by atoms with Crippen molar-refractivity contribution in [2.75, 3.05) is 19.7 Å². The zero-order valence-electron chi connectivity index (χ0n) is 14.7. The highest BCUT2D eigenvalue weighted by molar-refractivity contribution is 5.81. The Kier molecular flexibility index (Phi) is 17.5. The van der Waals surface area contributed by atoms with Crippen molar-refractivity contribution < 1.29 is 9.53 Å². The second-order valence-corrected chi connectivity index (χ2v) is 6.01. The summed E-state index contributed by atoms with van der Waals surface area (Å²) in [4.78, 5) is 10.8. The first-order chi connectivity index (χ1) is 10.8. The molecule has 0 fully saturated rings. The van der Waals surface area contributed by atoms with Gasteiger partial charge in [0.05, 0.1) is 0 Å². The highest BCUT2D eigenvalue weighted by Gasteiger charge is 1.95. The van der Waals surface area contributed by atoms with E-state index < -0.39 is 0 Å². The number of hydrogen-bond donors (Lipinski definition) is 1. The summed E-state index contributed by atoms with van der Waals surface area (Å²) in [6.07, 6.45) is 17.7. The molecule has 0 atom stereocenters. The third-order valence-corrected chi connectivity index (χ3v) is 3.90. The minimum atomic E-state index is -0.341. The molecule has 0 aliphatic rings. The molecule has 0 saturated carbocycles. The predicted molar refractivity (Wildman–Crippen MR) is 95.1 cm³/mol. The van der Waals surface area contributed by atoms with Crippen LogP contribution in [-0.4, -0.2) is 25.7 Å². The van der Waals surface area contributed by atoms with Gasteiger partial charge in [0.15, 0.2) is 0 Å². The monoisotopic (exact) mass is 311 g/mol. The van der Waals surface area contributed by atoms with Crippen molar-refractivity contribution in [2.24, 2.45) is 0 Å². The van der Waals surface area contributed by atoms with Crippen molar-refractivity contribution in [2.45, 2.75) is 84.0 Å². The van der Waals surface area contributed by atoms with Gasteiger partial charge < -0.3 is 10.1 Å². The third kappa shape index (κ3) is 17.2. The Morgan fingerprint density at radius 2 is 1.36 bits per heavy atom. The molecule has 0 bridgehead atoms. The average Bonchev–Trinajstić information content (AvgIpc) is 2.54. The van der Waals surface area contributed by atoms with Gasteiger partial charge in [-0.25, -0.2) is 4.79 Å². The van der Waals surface area contributed by atoms with E-state index in [-0.39, 0.29) is 5.97 Å². The lowest BCUT2D eigenvalue weighted by Crippen LogP contribution is -2.21. The number of rotatable bonds is 17. The van der Waals surface area contributed by atoms with Gasteiger partial charge in [0.1, 0.15) is 6.61 Å². The molecule has 0 rings (SSSR count). The van der Waals surface area contributed by atoms with Crippen LogP contribution >= 0.6 is 0 Å². The number of esters is 1. The van der Waals surface area contributed by atoms with Gasteiger partial charge in [-0.15, -0.1) is 0 Å². The number of hydrogen-bond acceptors (Lipinski definition) is 3. The van der Waals surface area contributed by atoms with Crippen LogP contribution in [0.15, 0.2) is 12.7 Å². The van der Waals surface area contributed by atoms with Gasteiger partial charge in [-0.05, 0) is 13.0 Å².